The number of Topliss-reactive ketones (excluding diaryl/α,β-unsaturated/α-hetero) is 6. The van der Waals surface area contributed by atoms with E-state index in [2.05, 4.69) is 40.7 Å². The Morgan fingerprint density at radius 2 is 0.809 bits per heavy atom. The number of oxazole rings is 2. The topological polar surface area (TPSA) is 403 Å². The predicted octanol–water partition coefficient (Wildman–Crippen LogP) is 17.0. The molecule has 564 valence electrons. The number of aromatic nitrogens is 8. The first-order chi connectivity index (χ1) is 52.3. The van der Waals surface area contributed by atoms with E-state index in [0.717, 1.165) is 79.4 Å². The number of fused-ring (bicyclic) bond motifs is 5. The van der Waals surface area contributed by atoms with Gasteiger partial charge in [0, 0.05) is 83.5 Å². The summed E-state index contributed by atoms with van der Waals surface area (Å²) in [6.07, 6.45) is 1.50. The fraction of sp³-hybridized carbons (Fsp3) is 0.175. The average molecular weight is 1490 g/mol. The normalized spacial score (nSPS) is 10.7. The van der Waals surface area contributed by atoms with Crippen LogP contribution in [-0.2, 0) is 34.0 Å². The number of hydrogen-bond acceptors (Lipinski definition) is 23. The van der Waals surface area contributed by atoms with E-state index in [-0.39, 0.29) is 51.8 Å². The molecule has 5 heterocycles. The predicted molar refractivity (Wildman–Crippen MR) is 417 cm³/mol. The molecule has 28 nitrogen and oxygen atoms in total. The number of halogens is 2. The van der Waals surface area contributed by atoms with Gasteiger partial charge in [0.25, 0.3) is 5.69 Å². The van der Waals surface area contributed by atoms with Crippen molar-refractivity contribution in [3.8, 4) is 0 Å². The number of benzene rings is 9. The molecule has 5 aromatic heterocycles. The van der Waals surface area contributed by atoms with Crippen LogP contribution in [0, 0.1) is 31.9 Å². The maximum Gasteiger partial charge on any atom is 0.305 e. The Morgan fingerprint density at radius 1 is 0.445 bits per heavy atom. The highest BCUT2D eigenvalue weighted by molar-refractivity contribution is 6.02. The zero-order valence-electron chi connectivity index (χ0n) is 61.9. The number of nitrogens with one attached hydrogen (secondary N) is 2. The second-order valence-corrected chi connectivity index (χ2v) is 24.5. The van der Waals surface area contributed by atoms with Crippen molar-refractivity contribution in [3.63, 3.8) is 0 Å². The van der Waals surface area contributed by atoms with Gasteiger partial charge in [-0.15, -0.1) is 0 Å². The highest BCUT2D eigenvalue weighted by atomic mass is 19.1. The van der Waals surface area contributed by atoms with Gasteiger partial charge in [0.1, 0.15) is 16.9 Å². The van der Waals surface area contributed by atoms with E-state index in [1.165, 1.54) is 64.1 Å². The van der Waals surface area contributed by atoms with Crippen LogP contribution in [0.2, 0.25) is 0 Å². The second-order valence-electron chi connectivity index (χ2n) is 24.5. The summed E-state index contributed by atoms with van der Waals surface area (Å²) >= 11 is 0. The van der Waals surface area contributed by atoms with Gasteiger partial charge in [-0.25, -0.2) is 19.3 Å². The number of rotatable bonds is 15. The molecule has 110 heavy (non-hydrogen) atoms. The molecule has 0 saturated carbocycles. The number of anilines is 6. The summed E-state index contributed by atoms with van der Waals surface area (Å²) in [6.45, 7) is 14.3. The van der Waals surface area contributed by atoms with Crippen LogP contribution < -0.4 is 22.1 Å². The minimum Gasteiger partial charge on any atom is -0.423 e. The van der Waals surface area contributed by atoms with Crippen molar-refractivity contribution in [2.45, 2.75) is 75.2 Å². The fourth-order valence-corrected chi connectivity index (χ4v) is 10.5. The Kier molecular flexibility index (Phi) is 27.1. The van der Waals surface area contributed by atoms with Gasteiger partial charge in [-0.2, -0.15) is 14.4 Å². The van der Waals surface area contributed by atoms with Crippen molar-refractivity contribution >= 4 is 143 Å². The van der Waals surface area contributed by atoms with Gasteiger partial charge in [-0.3, -0.25) is 59.6 Å². The van der Waals surface area contributed by atoms with E-state index in [1.54, 1.807) is 67.8 Å². The summed E-state index contributed by atoms with van der Waals surface area (Å²) in [5.41, 5.74) is 25.7. The summed E-state index contributed by atoms with van der Waals surface area (Å²) in [7, 11) is 5.65. The Bertz CT molecular complexity index is 5770. The molecule has 0 unspecified atom stereocenters. The number of carbonyl (C=O) groups excluding carboxylic acids is 6. The molecule has 0 bridgehead atoms. The van der Waals surface area contributed by atoms with Crippen LogP contribution in [0.3, 0.4) is 0 Å². The summed E-state index contributed by atoms with van der Waals surface area (Å²) < 4.78 is 41.9. The molecule has 7 N–H and O–H groups in total. The molecule has 0 amide bonds. The molecular formula is C80H77F2N15O13. The van der Waals surface area contributed by atoms with E-state index in [0.29, 0.717) is 86.7 Å². The maximum absolute atomic E-state index is 12.7. The molecule has 0 aliphatic heterocycles. The van der Waals surface area contributed by atoms with Crippen molar-refractivity contribution in [2.24, 2.45) is 26.3 Å². The van der Waals surface area contributed by atoms with E-state index < -0.39 is 21.4 Å². The molecule has 0 spiro atoms. The van der Waals surface area contributed by atoms with Gasteiger partial charge in [0.2, 0.25) is 23.7 Å². The van der Waals surface area contributed by atoms with Crippen molar-refractivity contribution in [3.05, 3.63) is 264 Å². The molecule has 14 rings (SSSR count). The largest absolute Gasteiger partial charge is 0.423 e. The number of nitrogen functional groups attached to an aromatic ring is 2. The van der Waals surface area contributed by atoms with Crippen molar-refractivity contribution in [1.29, 1.82) is 0 Å². The SMILES string of the molecule is C/C(=N\O)c1ccc2c(c1)nc(Nc1nc3ccccc3o1)n2C.CC(=O)c1ccc(F)c([N+](=O)[O-])c1.CC(=O)c1ccc(F)cc1.CC(=O)c1ccc2c(c1)nc(N)n2C.CC(=O)c1ccc2c(c1)nc(Nc1nc3ccccc3o1)n2C.CCc1ccc(C(C)=O)cc1N.CCc1ccc(C(C)=O)cc1[N+](=O)[O-]. The number of hydrogen-bond donors (Lipinski definition) is 5. The number of nitrogens with two attached hydrogens (primary N) is 2. The monoisotopic (exact) mass is 1490 g/mol. The van der Waals surface area contributed by atoms with E-state index in [1.807, 2.05) is 135 Å². The molecule has 30 heteroatoms. The molecular weight excluding hydrogens is 1420 g/mol. The molecule has 0 aliphatic carbocycles. The lowest BCUT2D eigenvalue weighted by Gasteiger charge is -2.03. The summed E-state index contributed by atoms with van der Waals surface area (Å²) in [5, 5.41) is 39.2. The molecule has 0 saturated heterocycles. The van der Waals surface area contributed by atoms with Crippen molar-refractivity contribution in [1.82, 2.24) is 38.6 Å². The highest BCUT2D eigenvalue weighted by Crippen LogP contribution is 2.29. The van der Waals surface area contributed by atoms with Crippen molar-refractivity contribution in [2.75, 3.05) is 22.1 Å². The lowest BCUT2D eigenvalue weighted by Crippen LogP contribution is -1.99. The summed E-state index contributed by atoms with van der Waals surface area (Å²) in [6, 6.07) is 51.1. The molecule has 0 atom stereocenters. The second kappa shape index (κ2) is 36.6. The number of ketones is 6. The standard InChI is InChI=1S/C17H15N5O2.C17H14N4O2.C10H11N3O.C10H11NO3.C10H13NO.C8H6FNO3.C8H7FO/c1-10(21-23)11-7-8-14-13(9-11)18-16(22(14)2)20-17-19-12-5-3-4-6-15(12)24-17;1-10(22)11-7-8-14-13(9-11)18-16(21(14)2)20-17-19-12-5-3-4-6-15(12)23-17;1-6(14)7-3-4-9-8(5-7)12-10(11)13(9)2;1-3-8-4-5-9(7(2)12)6-10(8)11(13)14;1-3-8-4-5-9(7(2)12)6-10(8)11;1-5(11)6-2-3-7(9)8(4-6)10(12)13;1-6(10)7-2-4-8(9)5-3-7/h3-9,23H,1-2H3,(H,18,19,20);3-9H,1-2H3,(H,18,19,20);3-5H,1-2H3,(H2,11,12);4-6H,3H2,1-2H3;4-6H,3,11H2,1-2H3;2-4H,1H3;2-5H,1H3/b21-10+;;;;;;. The lowest BCUT2D eigenvalue weighted by atomic mass is 10.1. The van der Waals surface area contributed by atoms with Crippen molar-refractivity contribution < 1.29 is 61.4 Å². The van der Waals surface area contributed by atoms with Crippen LogP contribution in [-0.4, -0.2) is 94.1 Å². The first-order valence-electron chi connectivity index (χ1n) is 33.8. The summed E-state index contributed by atoms with van der Waals surface area (Å²) in [5.74, 6) is 0.0191. The van der Waals surface area contributed by atoms with Gasteiger partial charge in [0.05, 0.1) is 48.7 Å². The van der Waals surface area contributed by atoms with Crippen LogP contribution in [0.4, 0.5) is 55.7 Å². The minimum absolute atomic E-state index is 0.0195. The average Bonchev–Trinajstić information content (AvgIpc) is 1.64. The number of oxime groups is 1. The third-order valence-electron chi connectivity index (χ3n) is 16.9. The number of nitro groups is 2. The lowest BCUT2D eigenvalue weighted by molar-refractivity contribution is -0.387. The highest BCUT2D eigenvalue weighted by Gasteiger charge is 2.19. The zero-order valence-corrected chi connectivity index (χ0v) is 61.9. The van der Waals surface area contributed by atoms with E-state index in [9.17, 15) is 57.8 Å². The van der Waals surface area contributed by atoms with Gasteiger partial charge in [-0.05, 0) is 182 Å². The van der Waals surface area contributed by atoms with Gasteiger partial charge in [0.15, 0.2) is 45.9 Å². The van der Waals surface area contributed by atoms with E-state index >= 15 is 0 Å². The number of nitrogens with zero attached hydrogens (tertiary/aromatic N) is 11. The Labute approximate surface area is 627 Å². The van der Waals surface area contributed by atoms with Crippen LogP contribution >= 0.6 is 0 Å². The quantitative estimate of drug-likeness (QED) is 0.0159. The van der Waals surface area contributed by atoms with Crippen LogP contribution in [0.1, 0.15) is 141 Å². The summed E-state index contributed by atoms with van der Waals surface area (Å²) in [4.78, 5) is 108. The van der Waals surface area contributed by atoms with Crippen LogP contribution in [0.15, 0.2) is 196 Å². The Balaban J connectivity index is 0.000000165. The zero-order chi connectivity index (χ0) is 80.4. The molecule has 0 radical (unpaired) electrons. The molecule has 0 aliphatic rings. The number of imidazole rings is 3. The van der Waals surface area contributed by atoms with Crippen LogP contribution in [0.5, 0.6) is 0 Å². The first-order valence-corrected chi connectivity index (χ1v) is 33.8. The van der Waals surface area contributed by atoms with E-state index in [4.69, 9.17) is 25.5 Å². The molecule has 14 aromatic rings. The third-order valence-corrected chi connectivity index (χ3v) is 16.9. The first kappa shape index (κ1) is 81.4. The fourth-order valence-electron chi connectivity index (χ4n) is 10.5. The number of aryl methyl sites for hydroxylation is 5. The molecule has 0 fully saturated rings. The van der Waals surface area contributed by atoms with Gasteiger partial charge in [-0.1, -0.05) is 73.6 Å². The third kappa shape index (κ3) is 20.6. The number of nitro benzene ring substituents is 2. The van der Waals surface area contributed by atoms with Crippen LogP contribution in [0.25, 0.3) is 55.3 Å². The molecule has 9 aromatic carbocycles. The Hall–Kier alpha value is -14.3. The number of para-hydroxylation sites is 4. The number of carbonyl (C=O) groups is 6. The smallest absolute Gasteiger partial charge is 0.305 e. The van der Waals surface area contributed by atoms with Gasteiger partial charge < -0.3 is 39.2 Å². The minimum atomic E-state index is -0.935. The van der Waals surface area contributed by atoms with Gasteiger partial charge >= 0.3 is 17.7 Å². The maximum atomic E-state index is 12.7. The Morgan fingerprint density at radius 3 is 1.23 bits per heavy atom.